The lowest BCUT2D eigenvalue weighted by atomic mass is 10.2. The van der Waals surface area contributed by atoms with Crippen molar-refractivity contribution in [2.45, 2.75) is 0 Å². The maximum atomic E-state index is 10.8. The Balaban J connectivity index is 2.67. The van der Waals surface area contributed by atoms with Crippen molar-refractivity contribution in [1.29, 1.82) is 0 Å². The van der Waals surface area contributed by atoms with E-state index in [1.54, 1.807) is 23.1 Å². The second kappa shape index (κ2) is 3.71. The summed E-state index contributed by atoms with van der Waals surface area (Å²) < 4.78 is 2.36. The molecule has 70 valence electrons. The first kappa shape index (κ1) is 9.08. The van der Waals surface area contributed by atoms with Crippen LogP contribution in [-0.4, -0.2) is 21.1 Å². The van der Waals surface area contributed by atoms with Gasteiger partial charge in [0.1, 0.15) is 12.7 Å². The molecule has 0 spiro atoms. The lowest BCUT2D eigenvalue weighted by Gasteiger charge is -2.05. The molecule has 5 heteroatoms. The summed E-state index contributed by atoms with van der Waals surface area (Å²) in [6, 6.07) is 5.38. The van der Waals surface area contributed by atoms with E-state index in [0.29, 0.717) is 11.3 Å². The van der Waals surface area contributed by atoms with Crippen LogP contribution in [0.25, 0.3) is 5.69 Å². The molecule has 2 rings (SSSR count). The number of rotatable bonds is 2. The topological polar surface area (TPSA) is 47.8 Å². The molecule has 2 aromatic rings. The third kappa shape index (κ3) is 1.46. The maximum Gasteiger partial charge on any atom is 0.152 e. The van der Waals surface area contributed by atoms with E-state index in [4.69, 9.17) is 0 Å². The van der Waals surface area contributed by atoms with Gasteiger partial charge in [-0.3, -0.25) is 4.79 Å². The maximum absolute atomic E-state index is 10.8. The van der Waals surface area contributed by atoms with Crippen LogP contribution >= 0.6 is 15.9 Å². The quantitative estimate of drug-likeness (QED) is 0.766. The second-order valence-electron chi connectivity index (χ2n) is 2.64. The van der Waals surface area contributed by atoms with Crippen molar-refractivity contribution < 1.29 is 4.79 Å². The van der Waals surface area contributed by atoms with Gasteiger partial charge in [-0.25, -0.2) is 9.67 Å². The van der Waals surface area contributed by atoms with Gasteiger partial charge in [-0.1, -0.05) is 6.07 Å². The molecule has 0 saturated heterocycles. The molecule has 0 amide bonds. The molecule has 0 radical (unpaired) electrons. The summed E-state index contributed by atoms with van der Waals surface area (Å²) in [4.78, 5) is 14.6. The molecule has 0 aliphatic carbocycles. The minimum atomic E-state index is 0.574. The molecule has 1 aromatic heterocycles. The van der Waals surface area contributed by atoms with Gasteiger partial charge in [-0.15, -0.1) is 0 Å². The van der Waals surface area contributed by atoms with Crippen molar-refractivity contribution in [2.24, 2.45) is 0 Å². The fourth-order valence-corrected chi connectivity index (χ4v) is 1.76. The van der Waals surface area contributed by atoms with Crippen LogP contribution in [-0.2, 0) is 0 Å². The number of hydrogen-bond acceptors (Lipinski definition) is 3. The summed E-state index contributed by atoms with van der Waals surface area (Å²) >= 11 is 3.36. The van der Waals surface area contributed by atoms with Crippen LogP contribution in [0.3, 0.4) is 0 Å². The summed E-state index contributed by atoms with van der Waals surface area (Å²) in [5.41, 5.74) is 1.28. The van der Waals surface area contributed by atoms with Crippen molar-refractivity contribution in [3.63, 3.8) is 0 Å². The van der Waals surface area contributed by atoms with Gasteiger partial charge in [-0.05, 0) is 28.1 Å². The van der Waals surface area contributed by atoms with Gasteiger partial charge in [0, 0.05) is 10.0 Å². The number of carbonyl (C=O) groups excluding carboxylic acids is 1. The van der Waals surface area contributed by atoms with Crippen LogP contribution in [0.5, 0.6) is 0 Å². The molecular weight excluding hydrogens is 246 g/mol. The zero-order valence-corrected chi connectivity index (χ0v) is 8.68. The molecule has 1 aromatic carbocycles. The average Bonchev–Trinajstić information content (AvgIpc) is 2.70. The van der Waals surface area contributed by atoms with E-state index in [0.717, 1.165) is 10.8 Å². The number of nitrogens with zero attached hydrogens (tertiary/aromatic N) is 3. The molecule has 0 bridgehead atoms. The highest BCUT2D eigenvalue weighted by atomic mass is 79.9. The van der Waals surface area contributed by atoms with Crippen LogP contribution in [0.1, 0.15) is 10.4 Å². The van der Waals surface area contributed by atoms with Crippen molar-refractivity contribution in [1.82, 2.24) is 14.8 Å². The molecule has 0 fully saturated rings. The number of para-hydroxylation sites is 1. The predicted molar refractivity (Wildman–Crippen MR) is 54.4 cm³/mol. The second-order valence-corrected chi connectivity index (χ2v) is 3.49. The highest BCUT2D eigenvalue weighted by Crippen LogP contribution is 2.22. The minimum absolute atomic E-state index is 0.574. The van der Waals surface area contributed by atoms with Gasteiger partial charge in [0.15, 0.2) is 6.29 Å². The number of halogens is 1. The highest BCUT2D eigenvalue weighted by Gasteiger charge is 2.07. The van der Waals surface area contributed by atoms with Crippen LogP contribution in [0.4, 0.5) is 0 Å². The smallest absolute Gasteiger partial charge is 0.152 e. The van der Waals surface area contributed by atoms with Gasteiger partial charge >= 0.3 is 0 Å². The van der Waals surface area contributed by atoms with Gasteiger partial charge in [0.05, 0.1) is 5.69 Å². The van der Waals surface area contributed by atoms with Crippen LogP contribution in [0, 0.1) is 0 Å². The van der Waals surface area contributed by atoms with E-state index in [1.165, 1.54) is 6.33 Å². The van der Waals surface area contributed by atoms with Crippen molar-refractivity contribution in [3.05, 3.63) is 40.9 Å². The number of aldehydes is 1. The normalized spacial score (nSPS) is 10.1. The third-order valence-electron chi connectivity index (χ3n) is 1.79. The van der Waals surface area contributed by atoms with Crippen molar-refractivity contribution in [2.75, 3.05) is 0 Å². The molecule has 0 unspecified atom stereocenters. The highest BCUT2D eigenvalue weighted by molar-refractivity contribution is 9.10. The standard InChI is InChI=1S/C9H6BrN3O/c10-8-3-1-2-7(4-14)9(8)13-6-11-5-12-13/h1-6H. The predicted octanol–water partition coefficient (Wildman–Crippen LogP) is 1.84. The number of aromatic nitrogens is 3. The largest absolute Gasteiger partial charge is 0.298 e. The van der Waals surface area contributed by atoms with Crippen LogP contribution in [0.15, 0.2) is 35.3 Å². The van der Waals surface area contributed by atoms with Crippen molar-refractivity contribution in [3.8, 4) is 5.69 Å². The van der Waals surface area contributed by atoms with E-state index in [2.05, 4.69) is 26.0 Å². The molecule has 0 aliphatic heterocycles. The Kier molecular flexibility index (Phi) is 2.41. The first-order valence-corrected chi connectivity index (χ1v) is 4.71. The van der Waals surface area contributed by atoms with Gasteiger partial charge in [0.25, 0.3) is 0 Å². The van der Waals surface area contributed by atoms with Crippen LogP contribution < -0.4 is 0 Å². The minimum Gasteiger partial charge on any atom is -0.298 e. The van der Waals surface area contributed by atoms with E-state index >= 15 is 0 Å². The number of carbonyl (C=O) groups is 1. The lowest BCUT2D eigenvalue weighted by Crippen LogP contribution is -2.00. The van der Waals surface area contributed by atoms with E-state index in [-0.39, 0.29) is 0 Å². The third-order valence-corrected chi connectivity index (χ3v) is 2.43. The SMILES string of the molecule is O=Cc1cccc(Br)c1-n1cncn1. The van der Waals surface area contributed by atoms with E-state index in [9.17, 15) is 4.79 Å². The van der Waals surface area contributed by atoms with E-state index < -0.39 is 0 Å². The molecule has 0 atom stereocenters. The molecule has 0 aliphatic rings. The fourth-order valence-electron chi connectivity index (χ4n) is 1.19. The number of benzene rings is 1. The molecule has 0 saturated carbocycles. The Bertz CT molecular complexity index is 453. The Labute approximate surface area is 88.7 Å². The summed E-state index contributed by atoms with van der Waals surface area (Å²) in [5, 5.41) is 3.97. The summed E-state index contributed by atoms with van der Waals surface area (Å²) in [5.74, 6) is 0. The average molecular weight is 252 g/mol. The van der Waals surface area contributed by atoms with Gasteiger partial charge in [-0.2, -0.15) is 5.10 Å². The van der Waals surface area contributed by atoms with Crippen molar-refractivity contribution >= 4 is 22.2 Å². The Morgan fingerprint density at radius 2 is 2.29 bits per heavy atom. The molecule has 0 N–H and O–H groups in total. The monoisotopic (exact) mass is 251 g/mol. The molecule has 1 heterocycles. The number of hydrogen-bond donors (Lipinski definition) is 0. The zero-order valence-electron chi connectivity index (χ0n) is 7.09. The first-order chi connectivity index (χ1) is 6.83. The van der Waals surface area contributed by atoms with E-state index in [1.807, 2.05) is 6.07 Å². The Morgan fingerprint density at radius 1 is 1.43 bits per heavy atom. The zero-order chi connectivity index (χ0) is 9.97. The summed E-state index contributed by atoms with van der Waals surface area (Å²) in [7, 11) is 0. The summed E-state index contributed by atoms with van der Waals surface area (Å²) in [6.45, 7) is 0. The molecular formula is C9H6BrN3O. The lowest BCUT2D eigenvalue weighted by molar-refractivity contribution is 0.112. The summed E-state index contributed by atoms with van der Waals surface area (Å²) in [6.07, 6.45) is 3.77. The fraction of sp³-hybridized carbons (Fsp3) is 0. The molecule has 14 heavy (non-hydrogen) atoms. The molecule has 4 nitrogen and oxygen atoms in total. The van der Waals surface area contributed by atoms with Gasteiger partial charge in [0.2, 0.25) is 0 Å². The van der Waals surface area contributed by atoms with Crippen LogP contribution in [0.2, 0.25) is 0 Å². The van der Waals surface area contributed by atoms with Gasteiger partial charge < -0.3 is 0 Å². The Hall–Kier alpha value is -1.49. The first-order valence-electron chi connectivity index (χ1n) is 3.91. The Morgan fingerprint density at radius 3 is 2.93 bits per heavy atom.